The molecule has 1 fully saturated rings. The first-order chi connectivity index (χ1) is 12.9. The lowest BCUT2D eigenvalue weighted by Crippen LogP contribution is -2.40. The van der Waals surface area contributed by atoms with Crippen molar-refractivity contribution in [1.82, 2.24) is 16.0 Å². The van der Waals surface area contributed by atoms with Gasteiger partial charge < -0.3 is 16.0 Å². The lowest BCUT2D eigenvalue weighted by molar-refractivity contribution is -0.127. The largest absolute Gasteiger partial charge is 0.357 e. The van der Waals surface area contributed by atoms with Gasteiger partial charge in [0.25, 0.3) is 0 Å². The van der Waals surface area contributed by atoms with Gasteiger partial charge in [0.2, 0.25) is 5.91 Å². The number of amides is 1. The molecule has 1 aliphatic carbocycles. The van der Waals surface area contributed by atoms with Crippen molar-refractivity contribution in [1.29, 1.82) is 0 Å². The summed E-state index contributed by atoms with van der Waals surface area (Å²) in [7, 11) is 0. The van der Waals surface area contributed by atoms with E-state index in [1.807, 2.05) is 13.0 Å². The molecule has 1 aromatic carbocycles. The molecule has 3 N–H and O–H groups in total. The third-order valence-electron chi connectivity index (χ3n) is 5.00. The molecule has 0 saturated heterocycles. The molecule has 0 atom stereocenters. The molecule has 0 unspecified atom stereocenters. The fourth-order valence-electron chi connectivity index (χ4n) is 2.94. The summed E-state index contributed by atoms with van der Waals surface area (Å²) in [5.74, 6) is 0.950. The molecule has 5 nitrogen and oxygen atoms in total. The van der Waals surface area contributed by atoms with Gasteiger partial charge in [0, 0.05) is 31.0 Å². The van der Waals surface area contributed by atoms with Gasteiger partial charge in [-0.25, -0.2) is 4.39 Å². The molecule has 0 spiro atoms. The average Bonchev–Trinajstić information content (AvgIpc) is 2.58. The highest BCUT2D eigenvalue weighted by atomic mass is 19.1. The van der Waals surface area contributed by atoms with Crippen molar-refractivity contribution >= 4 is 11.9 Å². The minimum absolute atomic E-state index is 0.193. The zero-order valence-electron chi connectivity index (χ0n) is 16.8. The minimum Gasteiger partial charge on any atom is -0.357 e. The van der Waals surface area contributed by atoms with E-state index in [1.54, 1.807) is 12.1 Å². The number of guanidine groups is 1. The van der Waals surface area contributed by atoms with Crippen molar-refractivity contribution in [3.63, 3.8) is 0 Å². The summed E-state index contributed by atoms with van der Waals surface area (Å²) in [5, 5.41) is 9.53. The number of rotatable bonds is 9. The van der Waals surface area contributed by atoms with Crippen LogP contribution in [-0.2, 0) is 10.2 Å². The maximum Gasteiger partial charge on any atom is 0.223 e. The van der Waals surface area contributed by atoms with Crippen LogP contribution in [0.25, 0.3) is 0 Å². The van der Waals surface area contributed by atoms with Gasteiger partial charge in [-0.3, -0.25) is 9.79 Å². The average molecular weight is 377 g/mol. The summed E-state index contributed by atoms with van der Waals surface area (Å²) in [4.78, 5) is 16.5. The van der Waals surface area contributed by atoms with E-state index in [0.717, 1.165) is 43.9 Å². The van der Waals surface area contributed by atoms with Crippen LogP contribution in [0.15, 0.2) is 29.3 Å². The Hall–Kier alpha value is -2.11. The highest BCUT2D eigenvalue weighted by Crippen LogP contribution is 2.26. The van der Waals surface area contributed by atoms with Gasteiger partial charge >= 0.3 is 0 Å². The van der Waals surface area contributed by atoms with Crippen LogP contribution in [0.3, 0.4) is 0 Å². The fraction of sp³-hybridized carbons (Fsp3) is 0.619. The Labute approximate surface area is 162 Å². The highest BCUT2D eigenvalue weighted by molar-refractivity contribution is 5.80. The second kappa shape index (κ2) is 10.3. The lowest BCUT2D eigenvalue weighted by atomic mass is 9.85. The van der Waals surface area contributed by atoms with Crippen LogP contribution in [0.5, 0.6) is 0 Å². The first kappa shape index (κ1) is 21.2. The molecule has 6 heteroatoms. The molecule has 0 heterocycles. The SMILES string of the molecule is CCNC(=NCC(C)(C)c1cccc(F)c1)NCCCNC(=O)C1CCC1. The van der Waals surface area contributed by atoms with Gasteiger partial charge in [0.05, 0.1) is 6.54 Å². The van der Waals surface area contributed by atoms with Crippen molar-refractivity contribution in [2.24, 2.45) is 10.9 Å². The Balaban J connectivity index is 1.78. The van der Waals surface area contributed by atoms with Crippen molar-refractivity contribution in [2.75, 3.05) is 26.2 Å². The summed E-state index contributed by atoms with van der Waals surface area (Å²) in [6, 6.07) is 6.69. The third kappa shape index (κ3) is 6.85. The van der Waals surface area contributed by atoms with Gasteiger partial charge in [-0.05, 0) is 43.9 Å². The van der Waals surface area contributed by atoms with Gasteiger partial charge in [0.15, 0.2) is 5.96 Å². The number of hydrogen-bond acceptors (Lipinski definition) is 2. The van der Waals surface area contributed by atoms with Crippen molar-refractivity contribution in [3.05, 3.63) is 35.6 Å². The number of nitrogens with one attached hydrogen (secondary N) is 3. The Morgan fingerprint density at radius 3 is 2.59 bits per heavy atom. The van der Waals surface area contributed by atoms with Crippen molar-refractivity contribution in [2.45, 2.75) is 51.9 Å². The first-order valence-corrected chi connectivity index (χ1v) is 9.98. The fourth-order valence-corrected chi connectivity index (χ4v) is 2.94. The molecule has 1 aromatic rings. The van der Waals surface area contributed by atoms with Crippen LogP contribution in [-0.4, -0.2) is 38.0 Å². The van der Waals surface area contributed by atoms with E-state index < -0.39 is 0 Å². The van der Waals surface area contributed by atoms with E-state index >= 15 is 0 Å². The molecule has 27 heavy (non-hydrogen) atoms. The van der Waals surface area contributed by atoms with Gasteiger partial charge in [0.1, 0.15) is 5.82 Å². The van der Waals surface area contributed by atoms with Crippen molar-refractivity contribution in [3.8, 4) is 0 Å². The first-order valence-electron chi connectivity index (χ1n) is 9.98. The summed E-state index contributed by atoms with van der Waals surface area (Å²) in [6.45, 7) is 8.87. The lowest BCUT2D eigenvalue weighted by Gasteiger charge is -2.24. The van der Waals surface area contributed by atoms with Crippen LogP contribution in [0, 0.1) is 11.7 Å². The maximum absolute atomic E-state index is 13.5. The van der Waals surface area contributed by atoms with E-state index in [0.29, 0.717) is 13.1 Å². The van der Waals surface area contributed by atoms with Crippen molar-refractivity contribution < 1.29 is 9.18 Å². The Morgan fingerprint density at radius 1 is 1.22 bits per heavy atom. The van der Waals surface area contributed by atoms with Gasteiger partial charge in [-0.15, -0.1) is 0 Å². The van der Waals surface area contributed by atoms with E-state index in [2.05, 4.69) is 34.8 Å². The molecule has 1 amide bonds. The molecular formula is C21H33FN4O. The second-order valence-electron chi connectivity index (χ2n) is 7.79. The van der Waals surface area contributed by atoms with Crippen LogP contribution < -0.4 is 16.0 Å². The number of nitrogens with zero attached hydrogens (tertiary/aromatic N) is 1. The Kier molecular flexibility index (Phi) is 8.07. The number of aliphatic imine (C=N–C) groups is 1. The smallest absolute Gasteiger partial charge is 0.223 e. The molecule has 1 aliphatic rings. The van der Waals surface area contributed by atoms with E-state index in [-0.39, 0.29) is 23.1 Å². The normalized spacial score (nSPS) is 15.2. The molecule has 0 radical (unpaired) electrons. The second-order valence-corrected chi connectivity index (χ2v) is 7.79. The Morgan fingerprint density at radius 2 is 1.96 bits per heavy atom. The predicted octanol–water partition coefficient (Wildman–Crippen LogP) is 2.96. The number of carbonyl (C=O) groups excluding carboxylic acids is 1. The topological polar surface area (TPSA) is 65.5 Å². The third-order valence-corrected chi connectivity index (χ3v) is 5.00. The monoisotopic (exact) mass is 376 g/mol. The van der Waals surface area contributed by atoms with E-state index in [4.69, 9.17) is 0 Å². The number of hydrogen-bond donors (Lipinski definition) is 3. The maximum atomic E-state index is 13.5. The molecule has 150 valence electrons. The molecular weight excluding hydrogens is 343 g/mol. The number of carbonyl (C=O) groups is 1. The minimum atomic E-state index is -0.263. The summed E-state index contributed by atoms with van der Waals surface area (Å²) in [6.07, 6.45) is 4.08. The summed E-state index contributed by atoms with van der Waals surface area (Å²) in [5.41, 5.74) is 0.669. The van der Waals surface area contributed by atoms with E-state index in [1.165, 1.54) is 12.5 Å². The van der Waals surface area contributed by atoms with E-state index in [9.17, 15) is 9.18 Å². The zero-order chi connectivity index (χ0) is 19.7. The predicted molar refractivity (Wildman–Crippen MR) is 108 cm³/mol. The van der Waals surface area contributed by atoms with Crippen LogP contribution in [0.4, 0.5) is 4.39 Å². The standard InChI is InChI=1S/C21H33FN4O/c1-4-23-20(25-13-7-12-24-19(27)16-8-5-9-16)26-15-21(2,3)17-10-6-11-18(22)14-17/h6,10-11,14,16H,4-5,7-9,12-13,15H2,1-3H3,(H,24,27)(H2,23,25,26). The Bertz CT molecular complexity index is 641. The highest BCUT2D eigenvalue weighted by Gasteiger charge is 2.24. The summed E-state index contributed by atoms with van der Waals surface area (Å²) < 4.78 is 13.5. The zero-order valence-corrected chi connectivity index (χ0v) is 16.8. The van der Waals surface area contributed by atoms with Gasteiger partial charge in [-0.1, -0.05) is 32.4 Å². The molecule has 0 aromatic heterocycles. The van der Waals surface area contributed by atoms with Crippen LogP contribution in [0.1, 0.15) is 52.0 Å². The molecule has 2 rings (SSSR count). The van der Waals surface area contributed by atoms with Crippen LogP contribution >= 0.6 is 0 Å². The van der Waals surface area contributed by atoms with Gasteiger partial charge in [-0.2, -0.15) is 0 Å². The molecule has 0 aliphatic heterocycles. The molecule has 1 saturated carbocycles. The number of benzene rings is 1. The number of halogens is 1. The molecule has 0 bridgehead atoms. The van der Waals surface area contributed by atoms with Crippen LogP contribution in [0.2, 0.25) is 0 Å². The quantitative estimate of drug-likeness (QED) is 0.353. The summed E-state index contributed by atoms with van der Waals surface area (Å²) >= 11 is 0.